The average molecular weight is 292 g/mol. The summed E-state index contributed by atoms with van der Waals surface area (Å²) in [6.45, 7) is 6.89. The fourth-order valence-electron chi connectivity index (χ4n) is 2.34. The maximum Gasteiger partial charge on any atom is 0.219 e. The molecule has 0 spiro atoms. The minimum atomic E-state index is -0.00852. The molecule has 0 bridgehead atoms. The first-order chi connectivity index (χ1) is 10.1. The van der Waals surface area contributed by atoms with E-state index in [0.717, 1.165) is 12.8 Å². The number of pyridine rings is 1. The molecule has 1 aromatic heterocycles. The highest BCUT2D eigenvalue weighted by Gasteiger charge is 2.26. The largest absolute Gasteiger partial charge is 0.481 e. The van der Waals surface area contributed by atoms with E-state index in [2.05, 4.69) is 4.98 Å². The second-order valence-electron chi connectivity index (χ2n) is 4.73. The molecule has 1 saturated heterocycles. The van der Waals surface area contributed by atoms with Crippen molar-refractivity contribution in [2.45, 2.75) is 33.6 Å². The van der Waals surface area contributed by atoms with Crippen molar-refractivity contribution in [1.82, 2.24) is 9.88 Å². The molecule has 0 radical (unpaired) electrons. The van der Waals surface area contributed by atoms with Crippen LogP contribution in [0.1, 0.15) is 44.0 Å². The number of likely N-dealkylation sites (tertiary alicyclic amines) is 1. The molecule has 21 heavy (non-hydrogen) atoms. The molecule has 2 rings (SSSR count). The minimum absolute atomic E-state index is 0.00852. The number of rotatable bonds is 3. The molecule has 5 nitrogen and oxygen atoms in total. The van der Waals surface area contributed by atoms with Crippen LogP contribution in [0.3, 0.4) is 0 Å². The maximum absolute atomic E-state index is 12.3. The minimum Gasteiger partial charge on any atom is -0.481 e. The molecular weight excluding hydrogens is 268 g/mol. The van der Waals surface area contributed by atoms with Gasteiger partial charge in [0.05, 0.1) is 7.11 Å². The van der Waals surface area contributed by atoms with Crippen LogP contribution in [0.25, 0.3) is 0 Å². The summed E-state index contributed by atoms with van der Waals surface area (Å²) in [6, 6.07) is 3.43. The molecular formula is C16H24N2O3. The number of hydrogen-bond donors (Lipinski definition) is 0. The number of hydrogen-bond acceptors (Lipinski definition) is 4. The van der Waals surface area contributed by atoms with Crippen LogP contribution in [-0.2, 0) is 4.79 Å². The number of nitrogens with zero attached hydrogens (tertiary/aromatic N) is 2. The van der Waals surface area contributed by atoms with Gasteiger partial charge in [-0.15, -0.1) is 0 Å². The monoisotopic (exact) mass is 292 g/mol. The maximum atomic E-state index is 12.3. The van der Waals surface area contributed by atoms with Gasteiger partial charge in [0.25, 0.3) is 0 Å². The van der Waals surface area contributed by atoms with Crippen LogP contribution in [-0.4, -0.2) is 41.8 Å². The van der Waals surface area contributed by atoms with Crippen LogP contribution in [0.15, 0.2) is 18.3 Å². The Kier molecular flexibility index (Phi) is 6.85. The summed E-state index contributed by atoms with van der Waals surface area (Å²) in [4.78, 5) is 29.4. The third kappa shape index (κ3) is 4.55. The zero-order valence-corrected chi connectivity index (χ0v) is 13.3. The van der Waals surface area contributed by atoms with Gasteiger partial charge in [-0.25, -0.2) is 4.98 Å². The first kappa shape index (κ1) is 17.1. The molecule has 1 fully saturated rings. The highest BCUT2D eigenvalue weighted by atomic mass is 16.5. The molecule has 5 heteroatoms. The molecule has 1 amide bonds. The Labute approximate surface area is 126 Å². The SMILES string of the molecule is CC.COc1ccc(C(=O)C2CCN(C(C)=O)CC2)cn1. The number of Topliss-reactive ketones (excluding diaryl/α,β-unsaturated/α-hetero) is 1. The van der Waals surface area contributed by atoms with Crippen LogP contribution < -0.4 is 4.74 Å². The molecule has 116 valence electrons. The van der Waals surface area contributed by atoms with Gasteiger partial charge >= 0.3 is 0 Å². The zero-order valence-electron chi connectivity index (χ0n) is 13.3. The zero-order chi connectivity index (χ0) is 15.8. The lowest BCUT2D eigenvalue weighted by Gasteiger charge is -2.30. The molecule has 1 aliphatic heterocycles. The number of ether oxygens (including phenoxy) is 1. The summed E-state index contributed by atoms with van der Waals surface area (Å²) in [6.07, 6.45) is 3.01. The Hall–Kier alpha value is -1.91. The molecule has 0 atom stereocenters. The van der Waals surface area contributed by atoms with Crippen LogP contribution in [0.2, 0.25) is 0 Å². The van der Waals surface area contributed by atoms with Crippen LogP contribution in [0, 0.1) is 5.92 Å². The first-order valence-electron chi connectivity index (χ1n) is 7.41. The number of amides is 1. The quantitative estimate of drug-likeness (QED) is 0.803. The molecule has 0 aliphatic carbocycles. The van der Waals surface area contributed by atoms with Crippen molar-refractivity contribution >= 4 is 11.7 Å². The van der Waals surface area contributed by atoms with E-state index in [1.54, 1.807) is 37.3 Å². The summed E-state index contributed by atoms with van der Waals surface area (Å²) < 4.78 is 4.97. The van der Waals surface area contributed by atoms with E-state index in [9.17, 15) is 9.59 Å². The number of piperidine rings is 1. The van der Waals surface area contributed by atoms with Crippen molar-refractivity contribution in [2.24, 2.45) is 5.92 Å². The number of ketones is 1. The lowest BCUT2D eigenvalue weighted by molar-refractivity contribution is -0.130. The van der Waals surface area contributed by atoms with Gasteiger partial charge in [0.15, 0.2) is 5.78 Å². The highest BCUT2D eigenvalue weighted by Crippen LogP contribution is 2.22. The van der Waals surface area contributed by atoms with Crippen molar-refractivity contribution in [3.8, 4) is 5.88 Å². The Morgan fingerprint density at radius 1 is 1.24 bits per heavy atom. The second-order valence-corrected chi connectivity index (χ2v) is 4.73. The van der Waals surface area contributed by atoms with Gasteiger partial charge in [0.2, 0.25) is 11.8 Å². The van der Waals surface area contributed by atoms with Crippen LogP contribution in [0.5, 0.6) is 5.88 Å². The standard InChI is InChI=1S/C14H18N2O3.C2H6/c1-10(17)16-7-5-11(6-8-16)14(18)12-3-4-13(19-2)15-9-12;1-2/h3-4,9,11H,5-8H2,1-2H3;1-2H3. The van der Waals surface area contributed by atoms with Gasteiger partial charge in [-0.1, -0.05) is 13.8 Å². The Balaban J connectivity index is 0.00000106. The predicted molar refractivity (Wildman–Crippen MR) is 81.4 cm³/mol. The summed E-state index contributed by atoms with van der Waals surface area (Å²) in [5.41, 5.74) is 0.613. The second kappa shape index (κ2) is 8.39. The summed E-state index contributed by atoms with van der Waals surface area (Å²) in [5.74, 6) is 0.684. The third-order valence-corrected chi connectivity index (χ3v) is 3.54. The van der Waals surface area contributed by atoms with Crippen molar-refractivity contribution in [1.29, 1.82) is 0 Å². The van der Waals surface area contributed by atoms with Gasteiger partial charge in [-0.2, -0.15) is 0 Å². The molecule has 0 N–H and O–H groups in total. The van der Waals surface area contributed by atoms with E-state index in [1.165, 1.54) is 0 Å². The Bertz CT molecular complexity index is 463. The first-order valence-corrected chi connectivity index (χ1v) is 7.41. The smallest absolute Gasteiger partial charge is 0.219 e. The molecule has 1 aromatic rings. The number of carbonyl (C=O) groups excluding carboxylic acids is 2. The van der Waals surface area contributed by atoms with Crippen molar-refractivity contribution in [3.63, 3.8) is 0 Å². The fraction of sp³-hybridized carbons (Fsp3) is 0.562. The van der Waals surface area contributed by atoms with E-state index >= 15 is 0 Å². The average Bonchev–Trinajstić information content (AvgIpc) is 2.56. The van der Waals surface area contributed by atoms with Crippen LogP contribution >= 0.6 is 0 Å². The fourth-order valence-corrected chi connectivity index (χ4v) is 2.34. The topological polar surface area (TPSA) is 59.5 Å². The lowest BCUT2D eigenvalue weighted by atomic mass is 9.89. The molecule has 0 aromatic carbocycles. The Morgan fingerprint density at radius 2 is 1.86 bits per heavy atom. The highest BCUT2D eigenvalue weighted by molar-refractivity contribution is 5.97. The van der Waals surface area contributed by atoms with Crippen molar-refractivity contribution < 1.29 is 14.3 Å². The van der Waals surface area contributed by atoms with Gasteiger partial charge < -0.3 is 9.64 Å². The van der Waals surface area contributed by atoms with E-state index in [1.807, 2.05) is 13.8 Å². The lowest BCUT2D eigenvalue weighted by Crippen LogP contribution is -2.39. The van der Waals surface area contributed by atoms with Crippen molar-refractivity contribution in [3.05, 3.63) is 23.9 Å². The van der Waals surface area contributed by atoms with E-state index in [-0.39, 0.29) is 17.6 Å². The summed E-state index contributed by atoms with van der Waals surface area (Å²) in [7, 11) is 1.54. The summed E-state index contributed by atoms with van der Waals surface area (Å²) >= 11 is 0. The summed E-state index contributed by atoms with van der Waals surface area (Å²) in [5, 5.41) is 0. The molecule has 2 heterocycles. The van der Waals surface area contributed by atoms with Crippen molar-refractivity contribution in [2.75, 3.05) is 20.2 Å². The molecule has 1 aliphatic rings. The number of methoxy groups -OCH3 is 1. The third-order valence-electron chi connectivity index (χ3n) is 3.54. The Morgan fingerprint density at radius 3 is 2.29 bits per heavy atom. The normalized spacial score (nSPS) is 15.0. The van der Waals surface area contributed by atoms with Gasteiger partial charge in [0.1, 0.15) is 0 Å². The van der Waals surface area contributed by atoms with Gasteiger partial charge in [0, 0.05) is 43.8 Å². The molecule has 0 unspecified atom stereocenters. The number of carbonyl (C=O) groups is 2. The van der Waals surface area contributed by atoms with E-state index in [4.69, 9.17) is 4.74 Å². The van der Waals surface area contributed by atoms with E-state index in [0.29, 0.717) is 24.5 Å². The van der Waals surface area contributed by atoms with Gasteiger partial charge in [-0.3, -0.25) is 9.59 Å². The van der Waals surface area contributed by atoms with Crippen LogP contribution in [0.4, 0.5) is 0 Å². The van der Waals surface area contributed by atoms with Gasteiger partial charge in [-0.05, 0) is 18.9 Å². The molecule has 0 saturated carbocycles. The van der Waals surface area contributed by atoms with E-state index < -0.39 is 0 Å². The number of aromatic nitrogens is 1. The predicted octanol–water partition coefficient (Wildman–Crippen LogP) is 2.56.